The molecule has 0 aliphatic rings. The lowest BCUT2D eigenvalue weighted by atomic mass is 10.4. The molecule has 0 atom stereocenters. The molecule has 7 heteroatoms. The number of halogens is 1. The van der Waals surface area contributed by atoms with Crippen molar-refractivity contribution >= 4 is 33.6 Å². The SMILES string of the molecule is CC(=O)N(C)CC(=O)Nc1nccc(Br)c1O. The van der Waals surface area contributed by atoms with Gasteiger partial charge in [-0.15, -0.1) is 0 Å². The van der Waals surface area contributed by atoms with Crippen LogP contribution in [-0.4, -0.2) is 40.4 Å². The van der Waals surface area contributed by atoms with E-state index < -0.39 is 5.91 Å². The first-order chi connectivity index (χ1) is 7.91. The Labute approximate surface area is 107 Å². The highest BCUT2D eigenvalue weighted by Crippen LogP contribution is 2.29. The molecule has 17 heavy (non-hydrogen) atoms. The van der Waals surface area contributed by atoms with Crippen molar-refractivity contribution in [3.05, 3.63) is 16.7 Å². The number of hydrogen-bond donors (Lipinski definition) is 2. The van der Waals surface area contributed by atoms with Crippen molar-refractivity contribution in [2.45, 2.75) is 6.92 Å². The van der Waals surface area contributed by atoms with Gasteiger partial charge in [-0.05, 0) is 22.0 Å². The van der Waals surface area contributed by atoms with E-state index in [4.69, 9.17) is 0 Å². The number of aromatic nitrogens is 1. The van der Waals surface area contributed by atoms with Crippen LogP contribution in [0.15, 0.2) is 16.7 Å². The predicted molar refractivity (Wildman–Crippen MR) is 65.5 cm³/mol. The third-order valence-corrected chi connectivity index (χ3v) is 2.69. The first-order valence-electron chi connectivity index (χ1n) is 4.77. The summed E-state index contributed by atoms with van der Waals surface area (Å²) in [5.74, 6) is -0.733. The van der Waals surface area contributed by atoms with Gasteiger partial charge < -0.3 is 15.3 Å². The van der Waals surface area contributed by atoms with Crippen molar-refractivity contribution < 1.29 is 14.7 Å². The number of rotatable bonds is 3. The molecule has 0 unspecified atom stereocenters. The zero-order valence-corrected chi connectivity index (χ0v) is 11.0. The Morgan fingerprint density at radius 1 is 1.59 bits per heavy atom. The first kappa shape index (κ1) is 13.4. The number of carbonyl (C=O) groups is 2. The average molecular weight is 302 g/mol. The van der Waals surface area contributed by atoms with Gasteiger partial charge in [0, 0.05) is 20.2 Å². The predicted octanol–water partition coefficient (Wildman–Crippen LogP) is 0.966. The molecule has 0 aliphatic heterocycles. The number of nitrogens with zero attached hydrogens (tertiary/aromatic N) is 2. The molecule has 0 bridgehead atoms. The number of carbonyl (C=O) groups excluding carboxylic acids is 2. The van der Waals surface area contributed by atoms with Crippen LogP contribution in [-0.2, 0) is 9.59 Å². The summed E-state index contributed by atoms with van der Waals surface area (Å²) in [5.41, 5.74) is 0. The molecule has 1 heterocycles. The van der Waals surface area contributed by atoms with Gasteiger partial charge in [0.2, 0.25) is 11.8 Å². The lowest BCUT2D eigenvalue weighted by molar-refractivity contribution is -0.131. The molecule has 1 aromatic rings. The van der Waals surface area contributed by atoms with Gasteiger partial charge in [-0.2, -0.15) is 0 Å². The van der Waals surface area contributed by atoms with Gasteiger partial charge in [-0.1, -0.05) is 0 Å². The third-order valence-electron chi connectivity index (χ3n) is 2.05. The van der Waals surface area contributed by atoms with Crippen LogP contribution in [0.2, 0.25) is 0 Å². The monoisotopic (exact) mass is 301 g/mol. The Kier molecular flexibility index (Phi) is 4.45. The summed E-state index contributed by atoms with van der Waals surface area (Å²) in [7, 11) is 1.51. The van der Waals surface area contributed by atoms with Crippen LogP contribution in [0.5, 0.6) is 5.75 Å². The summed E-state index contributed by atoms with van der Waals surface area (Å²) in [4.78, 5) is 27.5. The zero-order valence-electron chi connectivity index (χ0n) is 9.40. The largest absolute Gasteiger partial charge is 0.503 e. The van der Waals surface area contributed by atoms with Gasteiger partial charge in [-0.25, -0.2) is 4.98 Å². The van der Waals surface area contributed by atoms with Crippen LogP contribution in [0.3, 0.4) is 0 Å². The molecule has 2 N–H and O–H groups in total. The van der Waals surface area contributed by atoms with E-state index in [1.165, 1.54) is 25.1 Å². The minimum atomic E-state index is -0.427. The maximum absolute atomic E-state index is 11.5. The van der Waals surface area contributed by atoms with Crippen LogP contribution >= 0.6 is 15.9 Å². The van der Waals surface area contributed by atoms with E-state index in [-0.39, 0.29) is 24.0 Å². The highest BCUT2D eigenvalue weighted by atomic mass is 79.9. The van der Waals surface area contributed by atoms with Crippen LogP contribution in [0, 0.1) is 0 Å². The van der Waals surface area contributed by atoms with E-state index in [1.807, 2.05) is 0 Å². The number of likely N-dealkylation sites (N-methyl/N-ethyl adjacent to an activating group) is 1. The molecule has 2 amide bonds. The molecule has 0 radical (unpaired) electrons. The standard InChI is InChI=1S/C10H12BrN3O3/c1-6(15)14(2)5-8(16)13-10-9(17)7(11)3-4-12-10/h3-4,17H,5H2,1-2H3,(H,12,13,16). The molecule has 0 fully saturated rings. The molecule has 6 nitrogen and oxygen atoms in total. The van der Waals surface area contributed by atoms with Crippen molar-refractivity contribution in [2.75, 3.05) is 18.9 Å². The second-order valence-electron chi connectivity index (χ2n) is 3.41. The van der Waals surface area contributed by atoms with E-state index in [1.54, 1.807) is 6.07 Å². The van der Waals surface area contributed by atoms with Gasteiger partial charge in [0.1, 0.15) is 0 Å². The summed E-state index contributed by atoms with van der Waals surface area (Å²) in [5, 5.41) is 12.0. The Balaban J connectivity index is 2.69. The second-order valence-corrected chi connectivity index (χ2v) is 4.27. The van der Waals surface area contributed by atoms with Crippen LogP contribution in [0.4, 0.5) is 5.82 Å². The molecule has 0 saturated carbocycles. The lowest BCUT2D eigenvalue weighted by Gasteiger charge is -2.14. The molecule has 0 aromatic carbocycles. The van der Waals surface area contributed by atoms with Crippen LogP contribution < -0.4 is 5.32 Å². The van der Waals surface area contributed by atoms with Crippen molar-refractivity contribution in [3.63, 3.8) is 0 Å². The number of pyridine rings is 1. The molecule has 1 aromatic heterocycles. The molecule has 0 saturated heterocycles. The molecular weight excluding hydrogens is 290 g/mol. The fraction of sp³-hybridized carbons (Fsp3) is 0.300. The maximum atomic E-state index is 11.5. The minimum Gasteiger partial charge on any atom is -0.503 e. The van der Waals surface area contributed by atoms with Crippen molar-refractivity contribution in [3.8, 4) is 5.75 Å². The number of amides is 2. The Morgan fingerprint density at radius 2 is 2.24 bits per heavy atom. The third kappa shape index (κ3) is 3.70. The highest BCUT2D eigenvalue weighted by Gasteiger charge is 2.12. The van der Waals surface area contributed by atoms with Gasteiger partial charge in [0.05, 0.1) is 11.0 Å². The number of aromatic hydroxyl groups is 1. The Hall–Kier alpha value is -1.63. The van der Waals surface area contributed by atoms with E-state index in [0.717, 1.165) is 0 Å². The number of anilines is 1. The Bertz CT molecular complexity index is 450. The van der Waals surface area contributed by atoms with E-state index in [0.29, 0.717) is 4.47 Å². The second kappa shape index (κ2) is 5.62. The number of nitrogens with one attached hydrogen (secondary N) is 1. The zero-order chi connectivity index (χ0) is 13.0. The topological polar surface area (TPSA) is 82.5 Å². The van der Waals surface area contributed by atoms with E-state index in [9.17, 15) is 14.7 Å². The summed E-state index contributed by atoms with van der Waals surface area (Å²) < 4.78 is 0.433. The minimum absolute atomic E-state index is 0.0568. The van der Waals surface area contributed by atoms with Crippen molar-refractivity contribution in [1.29, 1.82) is 0 Å². The lowest BCUT2D eigenvalue weighted by Crippen LogP contribution is -2.33. The molecule has 0 aliphatic carbocycles. The number of hydrogen-bond acceptors (Lipinski definition) is 4. The quantitative estimate of drug-likeness (QED) is 0.871. The van der Waals surface area contributed by atoms with E-state index in [2.05, 4.69) is 26.2 Å². The van der Waals surface area contributed by atoms with Gasteiger partial charge in [0.15, 0.2) is 11.6 Å². The molecule has 92 valence electrons. The van der Waals surface area contributed by atoms with Crippen molar-refractivity contribution in [1.82, 2.24) is 9.88 Å². The van der Waals surface area contributed by atoms with Crippen LogP contribution in [0.1, 0.15) is 6.92 Å². The van der Waals surface area contributed by atoms with Crippen LogP contribution in [0.25, 0.3) is 0 Å². The summed E-state index contributed by atoms with van der Waals surface area (Å²) in [6.45, 7) is 1.27. The summed E-state index contributed by atoms with van der Waals surface area (Å²) >= 11 is 3.10. The summed E-state index contributed by atoms with van der Waals surface area (Å²) in [6.07, 6.45) is 1.44. The van der Waals surface area contributed by atoms with E-state index >= 15 is 0 Å². The fourth-order valence-electron chi connectivity index (χ4n) is 1.02. The maximum Gasteiger partial charge on any atom is 0.245 e. The van der Waals surface area contributed by atoms with Gasteiger partial charge in [0.25, 0.3) is 0 Å². The summed E-state index contributed by atoms with van der Waals surface area (Å²) in [6, 6.07) is 1.55. The smallest absolute Gasteiger partial charge is 0.245 e. The van der Waals surface area contributed by atoms with Gasteiger partial charge in [-0.3, -0.25) is 9.59 Å². The molecule has 0 spiro atoms. The highest BCUT2D eigenvalue weighted by molar-refractivity contribution is 9.10. The molecule has 1 rings (SSSR count). The van der Waals surface area contributed by atoms with Gasteiger partial charge >= 0.3 is 0 Å². The normalized spacial score (nSPS) is 9.82. The molecular formula is C10H12BrN3O3. The fourth-order valence-corrected chi connectivity index (χ4v) is 1.33. The van der Waals surface area contributed by atoms with Crippen molar-refractivity contribution in [2.24, 2.45) is 0 Å². The Morgan fingerprint density at radius 3 is 2.82 bits per heavy atom. The first-order valence-corrected chi connectivity index (χ1v) is 5.56. The average Bonchev–Trinajstić information content (AvgIpc) is 2.24.